The molecular weight excluding hydrogens is 1230 g/mol. The Labute approximate surface area is 369 Å². The van der Waals surface area contributed by atoms with Gasteiger partial charge in [0.15, 0.2) is 11.7 Å². The van der Waals surface area contributed by atoms with Crippen LogP contribution in [0, 0.1) is 60.8 Å². The van der Waals surface area contributed by atoms with E-state index in [2.05, 4.69) is 126 Å². The minimum atomic E-state index is -1.27. The van der Waals surface area contributed by atoms with Crippen molar-refractivity contribution in [3.8, 4) is 0 Å². The minimum absolute atomic E-state index is 0. The van der Waals surface area contributed by atoms with Gasteiger partial charge >= 0.3 is 6.16 Å². The third-order valence-electron chi connectivity index (χ3n) is 10.6. The summed E-state index contributed by atoms with van der Waals surface area (Å²) in [5.41, 5.74) is -2.15. The van der Waals surface area contributed by atoms with E-state index in [9.17, 15) is 15.0 Å². The normalized spacial score (nSPS) is 39.1. The SMILES string of the molecule is CC1=C2C(O)C[C@]3(C)C(OP(P(P)P)P(P)P)CC4OC[C@@]4(O)C3C3OC(=O)OC3(CC1OP(P(P)P(P)P)P(P(P)P)P(P)P)C2(C)C.[Ac]. The molecule has 50 heavy (non-hydrogen) atoms. The Kier molecular flexibility index (Phi) is 21.0. The summed E-state index contributed by atoms with van der Waals surface area (Å²) in [7, 11) is 31.5. The second-order valence-electron chi connectivity index (χ2n) is 13.6. The van der Waals surface area contributed by atoms with Crippen molar-refractivity contribution >= 4 is 168 Å². The molecule has 0 aromatic heterocycles. The van der Waals surface area contributed by atoms with Gasteiger partial charge < -0.3 is 33.5 Å². The van der Waals surface area contributed by atoms with Crippen LogP contribution in [0.15, 0.2) is 11.1 Å². The summed E-state index contributed by atoms with van der Waals surface area (Å²) in [4.78, 5) is 13.6. The van der Waals surface area contributed by atoms with Crippen LogP contribution in [0.5, 0.6) is 0 Å². The molecule has 3 aliphatic carbocycles. The summed E-state index contributed by atoms with van der Waals surface area (Å²) in [6.07, 6.45) is -2.36. The Hall–Kier alpha value is 8.85. The second-order valence-corrected chi connectivity index (χ2v) is 86.0. The van der Waals surface area contributed by atoms with Crippen molar-refractivity contribution in [2.45, 2.75) is 88.7 Å². The van der Waals surface area contributed by atoms with Gasteiger partial charge in [0, 0.05) is 87.6 Å². The first-order chi connectivity index (χ1) is 22.5. The Morgan fingerprint density at radius 1 is 0.840 bits per heavy atom. The molecule has 29 heteroatoms. The number of aliphatic hydroxyl groups is 2. The van der Waals surface area contributed by atoms with Crippen LogP contribution in [0.4, 0.5) is 4.79 Å². The van der Waals surface area contributed by atoms with Crippen molar-refractivity contribution in [2.24, 2.45) is 16.7 Å². The third-order valence-corrected chi connectivity index (χ3v) is 104. The van der Waals surface area contributed by atoms with Gasteiger partial charge in [-0.2, -0.15) is 0 Å². The average molecular weight is 1280 g/mol. The molecule has 0 amide bonds. The van der Waals surface area contributed by atoms with E-state index in [-0.39, 0.29) is 62.9 Å². The van der Waals surface area contributed by atoms with Gasteiger partial charge in [-0.05, 0) is 59.4 Å². The zero-order valence-electron chi connectivity index (χ0n) is 28.1. The van der Waals surface area contributed by atoms with E-state index in [0.29, 0.717) is 19.3 Å². The van der Waals surface area contributed by atoms with Crippen LogP contribution in [-0.4, -0.2) is 64.7 Å². The van der Waals surface area contributed by atoms with Crippen LogP contribution in [-0.2, 0) is 23.3 Å². The molecule has 2 saturated carbocycles. The zero-order valence-corrected chi connectivity index (χ0v) is 53.6. The molecule has 285 valence electrons. The van der Waals surface area contributed by atoms with Crippen LogP contribution in [0.1, 0.15) is 47.0 Å². The molecule has 2 aliphatic heterocycles. The first-order valence-electron chi connectivity index (χ1n) is 14.9. The molecule has 2 N–H and O–H groups in total. The molecule has 0 aromatic rings. The van der Waals surface area contributed by atoms with Crippen LogP contribution in [0.2, 0.25) is 0 Å². The van der Waals surface area contributed by atoms with Crippen molar-refractivity contribution in [2.75, 3.05) is 6.61 Å². The number of fused-ring (bicyclic) bond motifs is 5. The Balaban J connectivity index is 0.00000562. The molecule has 5 aliphatic rings. The Morgan fingerprint density at radius 3 is 1.90 bits per heavy atom. The standard InChI is InChI=1S/C21H50O8P20.Ac/c1-9-11(28-42(48(40)45(34)35)49(46(36)37)47(38)39)7-21-16(26-17(23)27-21)15-19(4,6-10(22)14(9)18(21,2)3)12(5-13-20(15,24)8-25-13)29-41(43(30)31)44(32)33;/h10-13,15-16,22,24H,5-8,30-40H2,1-4H3;/t10?,11?,12?,13?,15?,16?,19-,20+,21?,42?,48?;/m1./s1. The molecule has 0 aromatic carbocycles. The molecule has 20 unspecified atom stereocenters. The van der Waals surface area contributed by atoms with Crippen LogP contribution in [0.25, 0.3) is 0 Å². The van der Waals surface area contributed by atoms with E-state index in [0.717, 1.165) is 11.1 Å². The number of carbonyl (C=O) groups excluding carboxylic acids is 1. The monoisotopic (exact) mass is 1280 g/mol. The van der Waals surface area contributed by atoms with Gasteiger partial charge in [0.2, 0.25) is 0 Å². The predicted octanol–water partition coefficient (Wildman–Crippen LogP) is 13.0. The molecule has 1 radical (unpaired) electrons. The fraction of sp³-hybridized carbons (Fsp3) is 0.857. The van der Waals surface area contributed by atoms with E-state index in [4.69, 9.17) is 23.3 Å². The van der Waals surface area contributed by atoms with Crippen molar-refractivity contribution < 1.29 is 82.3 Å². The molecule has 1 spiro atoms. The smallest absolute Gasteiger partial charge is 0.426 e. The Bertz CT molecular complexity index is 1290. The first-order valence-corrected chi connectivity index (χ1v) is 49.6. The van der Waals surface area contributed by atoms with Crippen LogP contribution < -0.4 is 0 Å². The number of hydrogen-bond acceptors (Lipinski definition) is 8. The molecule has 2 heterocycles. The van der Waals surface area contributed by atoms with E-state index >= 15 is 0 Å². The third kappa shape index (κ3) is 9.75. The summed E-state index contributed by atoms with van der Waals surface area (Å²) in [6, 6.07) is 0. The molecule has 22 atom stereocenters. The number of aliphatic hydroxyl groups excluding tert-OH is 1. The van der Waals surface area contributed by atoms with E-state index < -0.39 is 116 Å². The van der Waals surface area contributed by atoms with Crippen molar-refractivity contribution in [1.82, 2.24) is 0 Å². The molecule has 5 rings (SSSR count). The maximum Gasteiger partial charge on any atom is 0.509 e. The summed E-state index contributed by atoms with van der Waals surface area (Å²) in [6.45, 7) is 5.14. The van der Waals surface area contributed by atoms with Crippen LogP contribution >= 0.6 is 162 Å². The predicted molar refractivity (Wildman–Crippen MR) is 266 cm³/mol. The number of hydrogen-bond donors (Lipinski definition) is 2. The van der Waals surface area contributed by atoms with Crippen molar-refractivity contribution in [3.63, 3.8) is 0 Å². The largest absolute Gasteiger partial charge is 0.509 e. The molecule has 8 nitrogen and oxygen atoms in total. The fourth-order valence-corrected chi connectivity index (χ4v) is 137. The summed E-state index contributed by atoms with van der Waals surface area (Å²) >= 11 is 0. The quantitative estimate of drug-likeness (QED) is 0.120. The zero-order chi connectivity index (χ0) is 36.8. The summed E-state index contributed by atoms with van der Waals surface area (Å²) < 4.78 is 33.5. The van der Waals surface area contributed by atoms with Crippen molar-refractivity contribution in [3.05, 3.63) is 11.1 Å². The fourth-order valence-electron chi connectivity index (χ4n) is 8.51. The van der Waals surface area contributed by atoms with E-state index in [1.807, 2.05) is 0 Å². The van der Waals surface area contributed by atoms with Gasteiger partial charge in [-0.3, -0.25) is 0 Å². The maximum atomic E-state index is 13.6. The number of rotatable bonds is 11. The van der Waals surface area contributed by atoms with Gasteiger partial charge in [0.05, 0.1) is 46.1 Å². The summed E-state index contributed by atoms with van der Waals surface area (Å²) in [5, 5.41) is 25.2. The van der Waals surface area contributed by atoms with Gasteiger partial charge in [-0.15, -0.1) is 89.3 Å². The van der Waals surface area contributed by atoms with Crippen LogP contribution in [0.3, 0.4) is 0 Å². The van der Waals surface area contributed by atoms with E-state index in [1.165, 1.54) is 0 Å². The van der Waals surface area contributed by atoms with Gasteiger partial charge in [-0.25, -0.2) is 4.79 Å². The second kappa shape index (κ2) is 20.4. The van der Waals surface area contributed by atoms with Crippen molar-refractivity contribution in [1.29, 1.82) is 0 Å². The topological polar surface area (TPSA) is 104 Å². The first kappa shape index (κ1) is 51.5. The summed E-state index contributed by atoms with van der Waals surface area (Å²) in [5.74, 6) is -0.598. The Morgan fingerprint density at radius 2 is 1.42 bits per heavy atom. The molecule has 2 bridgehead atoms. The van der Waals surface area contributed by atoms with Gasteiger partial charge in [-0.1, -0.05) is 29.7 Å². The number of carbonyl (C=O) groups is 1. The minimum Gasteiger partial charge on any atom is -0.426 e. The molecule has 2 saturated heterocycles. The molecule has 4 fully saturated rings. The van der Waals surface area contributed by atoms with E-state index in [1.54, 1.807) is 0 Å². The molecular formula is C21H50AcO8P20. The van der Waals surface area contributed by atoms with Gasteiger partial charge in [0.1, 0.15) is 5.60 Å². The van der Waals surface area contributed by atoms with Gasteiger partial charge in [0.25, 0.3) is 0 Å². The average Bonchev–Trinajstić information content (AvgIpc) is 3.28. The number of ether oxygens (including phenoxy) is 3. The maximum absolute atomic E-state index is 13.6.